The third-order valence-electron chi connectivity index (χ3n) is 1.37. The Kier molecular flexibility index (Phi) is 3.14. The topological polar surface area (TPSA) is 35.8 Å². The SMILES string of the molecule is CN(C)C=Nc1ccc(O)c(Cl)c1. The molecule has 1 N–H and O–H groups in total. The second-order valence-electron chi connectivity index (χ2n) is 2.84. The van der Waals surface area contributed by atoms with Gasteiger partial charge in [0, 0.05) is 14.1 Å². The van der Waals surface area contributed by atoms with Gasteiger partial charge in [-0.25, -0.2) is 4.99 Å². The number of nitrogens with zero attached hydrogens (tertiary/aromatic N) is 2. The summed E-state index contributed by atoms with van der Waals surface area (Å²) in [7, 11) is 3.76. The van der Waals surface area contributed by atoms with Crippen LogP contribution in [0.3, 0.4) is 0 Å². The van der Waals surface area contributed by atoms with Crippen LogP contribution in [-0.4, -0.2) is 30.4 Å². The monoisotopic (exact) mass is 198 g/mol. The van der Waals surface area contributed by atoms with Gasteiger partial charge in [-0.1, -0.05) is 11.6 Å². The highest BCUT2D eigenvalue weighted by molar-refractivity contribution is 6.32. The van der Waals surface area contributed by atoms with E-state index in [9.17, 15) is 0 Å². The Morgan fingerprint density at radius 1 is 1.46 bits per heavy atom. The molecule has 1 rings (SSSR count). The van der Waals surface area contributed by atoms with Gasteiger partial charge in [-0.05, 0) is 18.2 Å². The zero-order chi connectivity index (χ0) is 9.84. The lowest BCUT2D eigenvalue weighted by Gasteiger charge is -2.02. The number of phenolic OH excluding ortho intramolecular Hbond substituents is 1. The van der Waals surface area contributed by atoms with Crippen LogP contribution in [0.5, 0.6) is 5.75 Å². The zero-order valence-electron chi connectivity index (χ0n) is 7.53. The second-order valence-corrected chi connectivity index (χ2v) is 3.25. The van der Waals surface area contributed by atoms with Gasteiger partial charge in [-0.2, -0.15) is 0 Å². The Bertz CT molecular complexity index is 323. The molecule has 0 fully saturated rings. The van der Waals surface area contributed by atoms with Crippen LogP contribution in [0.15, 0.2) is 23.2 Å². The fourth-order valence-corrected chi connectivity index (χ4v) is 0.933. The maximum absolute atomic E-state index is 9.13. The predicted octanol–water partition coefficient (Wildman–Crippen LogP) is 2.27. The summed E-state index contributed by atoms with van der Waals surface area (Å²) in [6.45, 7) is 0. The lowest BCUT2D eigenvalue weighted by atomic mass is 10.3. The highest BCUT2D eigenvalue weighted by atomic mass is 35.5. The van der Waals surface area contributed by atoms with Gasteiger partial charge in [-0.3, -0.25) is 0 Å². The Labute approximate surface area is 82.3 Å². The molecule has 0 amide bonds. The smallest absolute Gasteiger partial charge is 0.134 e. The molecule has 0 saturated heterocycles. The number of hydrogen-bond acceptors (Lipinski definition) is 2. The van der Waals surface area contributed by atoms with Crippen molar-refractivity contribution in [1.82, 2.24) is 4.90 Å². The van der Waals surface area contributed by atoms with Crippen LogP contribution in [0.2, 0.25) is 5.02 Å². The molecule has 0 aliphatic carbocycles. The molecule has 0 heterocycles. The Morgan fingerprint density at radius 3 is 2.69 bits per heavy atom. The van der Waals surface area contributed by atoms with Gasteiger partial charge in [-0.15, -0.1) is 0 Å². The lowest BCUT2D eigenvalue weighted by Crippen LogP contribution is -2.06. The highest BCUT2D eigenvalue weighted by Crippen LogP contribution is 2.27. The van der Waals surface area contributed by atoms with Gasteiger partial charge in [0.15, 0.2) is 0 Å². The first kappa shape index (κ1) is 9.86. The predicted molar refractivity (Wildman–Crippen MR) is 55.0 cm³/mol. The molecule has 0 saturated carbocycles. The first-order valence-corrected chi connectivity index (χ1v) is 4.16. The third kappa shape index (κ3) is 2.95. The van der Waals surface area contributed by atoms with Gasteiger partial charge in [0.1, 0.15) is 5.75 Å². The summed E-state index contributed by atoms with van der Waals surface area (Å²) in [4.78, 5) is 5.93. The van der Waals surface area contributed by atoms with Crippen LogP contribution in [0.25, 0.3) is 0 Å². The normalized spacial score (nSPS) is 10.7. The van der Waals surface area contributed by atoms with Crippen LogP contribution >= 0.6 is 11.6 Å². The average Bonchev–Trinajstić information content (AvgIpc) is 2.07. The van der Waals surface area contributed by atoms with E-state index in [4.69, 9.17) is 16.7 Å². The standard InChI is InChI=1S/C9H11ClN2O/c1-12(2)6-11-7-3-4-9(13)8(10)5-7/h3-6,13H,1-2H3. The van der Waals surface area contributed by atoms with Crippen LogP contribution < -0.4 is 0 Å². The zero-order valence-corrected chi connectivity index (χ0v) is 8.28. The summed E-state index contributed by atoms with van der Waals surface area (Å²) < 4.78 is 0. The molecule has 0 radical (unpaired) electrons. The summed E-state index contributed by atoms with van der Waals surface area (Å²) in [6, 6.07) is 4.82. The van der Waals surface area contributed by atoms with Crippen molar-refractivity contribution in [2.45, 2.75) is 0 Å². The van der Waals surface area contributed by atoms with E-state index in [0.717, 1.165) is 5.69 Å². The molecule has 0 aliphatic heterocycles. The molecule has 0 atom stereocenters. The van der Waals surface area contributed by atoms with Crippen LogP contribution in [-0.2, 0) is 0 Å². The van der Waals surface area contributed by atoms with E-state index in [-0.39, 0.29) is 5.75 Å². The maximum Gasteiger partial charge on any atom is 0.134 e. The highest BCUT2D eigenvalue weighted by Gasteiger charge is 1.97. The van der Waals surface area contributed by atoms with Crippen molar-refractivity contribution in [3.63, 3.8) is 0 Å². The summed E-state index contributed by atoms with van der Waals surface area (Å²) in [5.74, 6) is 0.0745. The van der Waals surface area contributed by atoms with Crippen molar-refractivity contribution in [2.75, 3.05) is 14.1 Å². The number of aliphatic imine (C=N–C) groups is 1. The fourth-order valence-electron chi connectivity index (χ4n) is 0.758. The summed E-state index contributed by atoms with van der Waals surface area (Å²) in [5, 5.41) is 9.44. The molecule has 3 nitrogen and oxygen atoms in total. The van der Waals surface area contributed by atoms with Gasteiger partial charge in [0.05, 0.1) is 17.0 Å². The van der Waals surface area contributed by atoms with Crippen molar-refractivity contribution in [3.05, 3.63) is 23.2 Å². The van der Waals surface area contributed by atoms with E-state index in [1.54, 1.807) is 18.5 Å². The molecule has 0 aromatic heterocycles. The summed E-state index contributed by atoms with van der Waals surface area (Å²) in [5.41, 5.74) is 0.719. The molecule has 1 aromatic rings. The van der Waals surface area contributed by atoms with E-state index < -0.39 is 0 Å². The van der Waals surface area contributed by atoms with E-state index in [1.807, 2.05) is 19.0 Å². The number of aromatic hydroxyl groups is 1. The molecule has 70 valence electrons. The van der Waals surface area contributed by atoms with Crippen molar-refractivity contribution in [2.24, 2.45) is 4.99 Å². The van der Waals surface area contributed by atoms with Gasteiger partial charge in [0.25, 0.3) is 0 Å². The number of halogens is 1. The lowest BCUT2D eigenvalue weighted by molar-refractivity contribution is 0.475. The largest absolute Gasteiger partial charge is 0.506 e. The summed E-state index contributed by atoms with van der Waals surface area (Å²) in [6.07, 6.45) is 1.67. The Balaban J connectivity index is 2.85. The van der Waals surface area contributed by atoms with E-state index >= 15 is 0 Å². The number of phenols is 1. The molecule has 4 heteroatoms. The first-order chi connectivity index (χ1) is 6.09. The molecular formula is C9H11ClN2O. The van der Waals surface area contributed by atoms with Crippen molar-refractivity contribution >= 4 is 23.6 Å². The van der Waals surface area contributed by atoms with Gasteiger partial charge < -0.3 is 10.0 Å². The van der Waals surface area contributed by atoms with Crippen LogP contribution in [0, 0.1) is 0 Å². The van der Waals surface area contributed by atoms with Crippen molar-refractivity contribution in [1.29, 1.82) is 0 Å². The van der Waals surface area contributed by atoms with Crippen molar-refractivity contribution < 1.29 is 5.11 Å². The van der Waals surface area contributed by atoms with Crippen LogP contribution in [0.4, 0.5) is 5.69 Å². The molecule has 0 unspecified atom stereocenters. The van der Waals surface area contributed by atoms with E-state index in [2.05, 4.69) is 4.99 Å². The quantitative estimate of drug-likeness (QED) is 0.585. The van der Waals surface area contributed by atoms with Gasteiger partial charge >= 0.3 is 0 Å². The molecule has 0 spiro atoms. The second kappa shape index (κ2) is 4.14. The maximum atomic E-state index is 9.13. The fraction of sp³-hybridized carbons (Fsp3) is 0.222. The van der Waals surface area contributed by atoms with E-state index in [0.29, 0.717) is 5.02 Å². The molecular weight excluding hydrogens is 188 g/mol. The number of benzene rings is 1. The van der Waals surface area contributed by atoms with E-state index in [1.165, 1.54) is 6.07 Å². The Morgan fingerprint density at radius 2 is 2.15 bits per heavy atom. The summed E-state index contributed by atoms with van der Waals surface area (Å²) >= 11 is 5.69. The molecule has 0 aliphatic rings. The van der Waals surface area contributed by atoms with Gasteiger partial charge in [0.2, 0.25) is 0 Å². The average molecular weight is 199 g/mol. The molecule has 0 bridgehead atoms. The minimum Gasteiger partial charge on any atom is -0.506 e. The van der Waals surface area contributed by atoms with Crippen molar-refractivity contribution in [3.8, 4) is 5.75 Å². The third-order valence-corrected chi connectivity index (χ3v) is 1.67. The van der Waals surface area contributed by atoms with Crippen LogP contribution in [0.1, 0.15) is 0 Å². The number of hydrogen-bond donors (Lipinski definition) is 1. The minimum atomic E-state index is 0.0745. The molecule has 13 heavy (non-hydrogen) atoms. The first-order valence-electron chi connectivity index (χ1n) is 3.79. The Hall–Kier alpha value is -1.22. The minimum absolute atomic E-state index is 0.0745. The molecule has 1 aromatic carbocycles. The number of rotatable bonds is 2.